The monoisotopic (exact) mass is 466 g/mol. The van der Waals surface area contributed by atoms with Gasteiger partial charge in [-0.3, -0.25) is 19.8 Å². The number of amidine groups is 1. The van der Waals surface area contributed by atoms with Gasteiger partial charge in [-0.2, -0.15) is 5.10 Å². The quantitative estimate of drug-likeness (QED) is 0.268. The van der Waals surface area contributed by atoms with Gasteiger partial charge in [-0.05, 0) is 50.4 Å². The predicted octanol–water partition coefficient (Wildman–Crippen LogP) is 4.72. The fourth-order valence-electron chi connectivity index (χ4n) is 3.68. The van der Waals surface area contributed by atoms with E-state index in [0.29, 0.717) is 18.7 Å². The first kappa shape index (κ1) is 26.0. The van der Waals surface area contributed by atoms with Gasteiger partial charge in [-0.25, -0.2) is 0 Å². The Bertz CT molecular complexity index is 987. The number of anilines is 1. The Morgan fingerprint density at radius 3 is 2.27 bits per heavy atom. The fraction of sp³-hybridized carbons (Fsp3) is 0.360. The second kappa shape index (κ2) is 12.7. The summed E-state index contributed by atoms with van der Waals surface area (Å²) in [7, 11) is 3.69. The molecular formula is C25H34N6OS. The highest BCUT2D eigenvalue weighted by Crippen LogP contribution is 2.32. The Hall–Kier alpha value is -3.26. The first-order valence-electron chi connectivity index (χ1n) is 11.0. The number of thiophene rings is 1. The normalized spacial score (nSPS) is 14.1. The molecule has 33 heavy (non-hydrogen) atoms. The molecular weight excluding hydrogens is 432 g/mol. The van der Waals surface area contributed by atoms with Crippen molar-refractivity contribution in [2.24, 2.45) is 15.1 Å². The molecule has 1 aliphatic heterocycles. The Labute approximate surface area is 201 Å². The molecule has 0 radical (unpaired) electrons. The number of hydrogen-bond donors (Lipinski definition) is 0. The van der Waals surface area contributed by atoms with Crippen LogP contribution in [0, 0.1) is 0 Å². The van der Waals surface area contributed by atoms with Crippen molar-refractivity contribution >= 4 is 46.7 Å². The molecule has 2 aromatic rings. The van der Waals surface area contributed by atoms with Gasteiger partial charge in [0.05, 0.1) is 11.3 Å². The molecule has 176 valence electrons. The van der Waals surface area contributed by atoms with Crippen LogP contribution in [0.3, 0.4) is 0 Å². The lowest BCUT2D eigenvalue weighted by molar-refractivity contribution is 0.0692. The summed E-state index contributed by atoms with van der Waals surface area (Å²) in [6.45, 7) is 16.5. The first-order chi connectivity index (χ1) is 16.0. The van der Waals surface area contributed by atoms with Gasteiger partial charge in [0.1, 0.15) is 10.8 Å². The minimum atomic E-state index is 0.0556. The van der Waals surface area contributed by atoms with Crippen molar-refractivity contribution in [3.8, 4) is 0 Å². The van der Waals surface area contributed by atoms with E-state index in [1.807, 2.05) is 50.2 Å². The van der Waals surface area contributed by atoms with E-state index in [9.17, 15) is 4.79 Å². The van der Waals surface area contributed by atoms with Crippen LogP contribution in [0.15, 0.2) is 58.6 Å². The van der Waals surface area contributed by atoms with Gasteiger partial charge in [0.2, 0.25) is 0 Å². The number of benzene rings is 1. The van der Waals surface area contributed by atoms with E-state index in [-0.39, 0.29) is 5.91 Å². The van der Waals surface area contributed by atoms with E-state index in [0.717, 1.165) is 41.6 Å². The van der Waals surface area contributed by atoms with Crippen LogP contribution in [0.1, 0.15) is 34.6 Å². The zero-order valence-corrected chi connectivity index (χ0v) is 20.9. The topological polar surface area (TPSA) is 63.9 Å². The second-order valence-electron chi connectivity index (χ2n) is 7.21. The van der Waals surface area contributed by atoms with E-state index in [4.69, 9.17) is 0 Å². The van der Waals surface area contributed by atoms with Crippen LogP contribution >= 0.6 is 11.3 Å². The molecule has 1 amide bonds. The van der Waals surface area contributed by atoms with Crippen LogP contribution in [-0.2, 0) is 6.42 Å². The molecule has 1 fully saturated rings. The van der Waals surface area contributed by atoms with Crippen LogP contribution in [0.25, 0.3) is 0 Å². The third kappa shape index (κ3) is 6.16. The van der Waals surface area contributed by atoms with Crippen molar-refractivity contribution in [1.82, 2.24) is 9.80 Å². The number of aliphatic imine (C=N–C) groups is 2. The van der Waals surface area contributed by atoms with Gasteiger partial charge >= 0.3 is 0 Å². The minimum Gasteiger partial charge on any atom is -0.353 e. The van der Waals surface area contributed by atoms with Crippen LogP contribution in [-0.4, -0.2) is 74.7 Å². The SMILES string of the molecule is C=C.C=Nc1sc(CC)cc1C(=NC)N1CCN(C(=O)c2ccc(N(C)/N=C\C)cc2)CC1. The van der Waals surface area contributed by atoms with E-state index in [1.54, 1.807) is 22.6 Å². The van der Waals surface area contributed by atoms with Crippen LogP contribution < -0.4 is 5.01 Å². The average Bonchev–Trinajstić information content (AvgIpc) is 3.29. The van der Waals surface area contributed by atoms with Crippen molar-refractivity contribution in [2.45, 2.75) is 20.3 Å². The molecule has 0 aliphatic carbocycles. The lowest BCUT2D eigenvalue weighted by Crippen LogP contribution is -2.50. The van der Waals surface area contributed by atoms with Gasteiger partial charge in [-0.15, -0.1) is 24.5 Å². The summed E-state index contributed by atoms with van der Waals surface area (Å²) in [6, 6.07) is 9.73. The number of hydrogen-bond acceptors (Lipinski definition) is 6. The standard InChI is InChI=1S/C23H30N6OS.C2H4/c1-6-19-16-20(22(25-4)31-19)21(24-3)28-12-14-29(15-13-28)23(30)17-8-10-18(11-9-17)27(5)26-7-2;1-2/h7-11,16H,4,6,12-15H2,1-3,5H3;1-2H2/b24-21?,26-7-;. The Morgan fingerprint density at radius 1 is 1.15 bits per heavy atom. The molecule has 0 spiro atoms. The zero-order chi connectivity index (χ0) is 24.4. The van der Waals surface area contributed by atoms with Crippen molar-refractivity contribution in [1.29, 1.82) is 0 Å². The lowest BCUT2D eigenvalue weighted by Gasteiger charge is -2.36. The van der Waals surface area contributed by atoms with Crippen LogP contribution in [0.2, 0.25) is 0 Å². The van der Waals surface area contributed by atoms with Gasteiger partial charge in [-0.1, -0.05) is 6.92 Å². The Balaban J connectivity index is 0.00000187. The number of aryl methyl sites for hydroxylation is 1. The summed E-state index contributed by atoms with van der Waals surface area (Å²) in [5.74, 6) is 0.981. The number of hydrazone groups is 1. The first-order valence-corrected chi connectivity index (χ1v) is 11.8. The third-order valence-electron chi connectivity index (χ3n) is 5.35. The molecule has 3 rings (SSSR count). The van der Waals surface area contributed by atoms with E-state index >= 15 is 0 Å². The van der Waals surface area contributed by atoms with Gasteiger partial charge in [0.15, 0.2) is 0 Å². The van der Waals surface area contributed by atoms with Crippen molar-refractivity contribution in [2.75, 3.05) is 45.3 Å². The molecule has 1 aromatic carbocycles. The predicted molar refractivity (Wildman–Crippen MR) is 143 cm³/mol. The largest absolute Gasteiger partial charge is 0.353 e. The molecule has 7 nitrogen and oxygen atoms in total. The molecule has 0 unspecified atom stereocenters. The zero-order valence-electron chi connectivity index (χ0n) is 20.1. The highest BCUT2D eigenvalue weighted by atomic mass is 32.1. The molecule has 0 saturated carbocycles. The number of carbonyl (C=O) groups excluding carboxylic acids is 1. The number of nitrogens with zero attached hydrogens (tertiary/aromatic N) is 6. The van der Waals surface area contributed by atoms with Gasteiger partial charge < -0.3 is 9.80 Å². The maximum absolute atomic E-state index is 13.0. The number of amides is 1. The Morgan fingerprint density at radius 2 is 1.76 bits per heavy atom. The summed E-state index contributed by atoms with van der Waals surface area (Å²) in [5, 5.41) is 6.91. The molecule has 2 heterocycles. The molecule has 0 atom stereocenters. The summed E-state index contributed by atoms with van der Waals surface area (Å²) in [5.41, 5.74) is 2.67. The van der Waals surface area contributed by atoms with Gasteiger partial charge in [0, 0.05) is 56.9 Å². The molecule has 1 saturated heterocycles. The highest BCUT2D eigenvalue weighted by Gasteiger charge is 2.26. The number of carbonyl (C=O) groups is 1. The van der Waals surface area contributed by atoms with Crippen molar-refractivity contribution in [3.63, 3.8) is 0 Å². The molecule has 1 aromatic heterocycles. The molecule has 0 N–H and O–H groups in total. The molecule has 8 heteroatoms. The smallest absolute Gasteiger partial charge is 0.253 e. The number of rotatable bonds is 6. The van der Waals surface area contributed by atoms with E-state index in [1.165, 1.54) is 4.88 Å². The summed E-state index contributed by atoms with van der Waals surface area (Å²) >= 11 is 1.66. The van der Waals surface area contributed by atoms with E-state index in [2.05, 4.69) is 52.9 Å². The molecule has 1 aliphatic rings. The summed E-state index contributed by atoms with van der Waals surface area (Å²) < 4.78 is 0. The average molecular weight is 467 g/mol. The third-order valence-corrected chi connectivity index (χ3v) is 6.56. The van der Waals surface area contributed by atoms with Crippen LogP contribution in [0.5, 0.6) is 0 Å². The summed E-state index contributed by atoms with van der Waals surface area (Å²) in [6.07, 6.45) is 2.70. The van der Waals surface area contributed by atoms with Gasteiger partial charge in [0.25, 0.3) is 5.91 Å². The highest BCUT2D eigenvalue weighted by molar-refractivity contribution is 7.16. The molecule has 0 bridgehead atoms. The maximum Gasteiger partial charge on any atom is 0.253 e. The van der Waals surface area contributed by atoms with Crippen molar-refractivity contribution < 1.29 is 4.79 Å². The maximum atomic E-state index is 13.0. The van der Waals surface area contributed by atoms with Crippen molar-refractivity contribution in [3.05, 3.63) is 59.5 Å². The summed E-state index contributed by atoms with van der Waals surface area (Å²) in [4.78, 5) is 27.1. The lowest BCUT2D eigenvalue weighted by atomic mass is 10.1. The fourth-order valence-corrected chi connectivity index (χ4v) is 4.57. The number of piperazine rings is 1. The minimum absolute atomic E-state index is 0.0556. The van der Waals surface area contributed by atoms with Crippen LogP contribution in [0.4, 0.5) is 10.7 Å². The van der Waals surface area contributed by atoms with E-state index < -0.39 is 0 Å². The Kier molecular flexibility index (Phi) is 10.00. The second-order valence-corrected chi connectivity index (χ2v) is 8.33.